The Morgan fingerprint density at radius 1 is 1.67 bits per heavy atom. The minimum atomic E-state index is -0.402. The predicted octanol–water partition coefficient (Wildman–Crippen LogP) is 0.707. The maximum absolute atomic E-state index is 10.7. The van der Waals surface area contributed by atoms with Gasteiger partial charge in [0.1, 0.15) is 0 Å². The van der Waals surface area contributed by atoms with Gasteiger partial charge in [0.15, 0.2) is 0 Å². The van der Waals surface area contributed by atoms with E-state index in [0.717, 1.165) is 0 Å². The van der Waals surface area contributed by atoms with Gasteiger partial charge >= 0.3 is 0 Å². The molecule has 0 spiro atoms. The SMILES string of the molecule is NC(=O)c1cnn(C2CCC2)c1. The number of hydrogen-bond acceptors (Lipinski definition) is 2. The molecule has 12 heavy (non-hydrogen) atoms. The molecule has 4 heteroatoms. The van der Waals surface area contributed by atoms with Crippen LogP contribution in [0.5, 0.6) is 0 Å². The minimum Gasteiger partial charge on any atom is -0.366 e. The lowest BCUT2D eigenvalue weighted by molar-refractivity contribution is 0.1000. The van der Waals surface area contributed by atoms with Gasteiger partial charge in [0, 0.05) is 6.20 Å². The summed E-state index contributed by atoms with van der Waals surface area (Å²) in [5.41, 5.74) is 5.60. The van der Waals surface area contributed by atoms with Crippen molar-refractivity contribution in [2.75, 3.05) is 0 Å². The van der Waals surface area contributed by atoms with Gasteiger partial charge in [-0.1, -0.05) is 0 Å². The van der Waals surface area contributed by atoms with Crippen molar-refractivity contribution in [3.05, 3.63) is 18.0 Å². The van der Waals surface area contributed by atoms with E-state index in [1.54, 1.807) is 6.20 Å². The number of nitrogens with two attached hydrogens (primary N) is 1. The first-order valence-electron chi connectivity index (χ1n) is 4.11. The number of carbonyl (C=O) groups is 1. The Hall–Kier alpha value is -1.32. The average Bonchev–Trinajstić information content (AvgIpc) is 2.32. The largest absolute Gasteiger partial charge is 0.366 e. The van der Waals surface area contributed by atoms with Gasteiger partial charge < -0.3 is 5.73 Å². The summed E-state index contributed by atoms with van der Waals surface area (Å²) in [4.78, 5) is 10.7. The zero-order valence-electron chi connectivity index (χ0n) is 6.73. The molecule has 1 heterocycles. The van der Waals surface area contributed by atoms with Crippen LogP contribution in [0.4, 0.5) is 0 Å². The van der Waals surface area contributed by atoms with Crippen molar-refractivity contribution in [2.45, 2.75) is 25.3 Å². The van der Waals surface area contributed by atoms with Gasteiger partial charge in [-0.2, -0.15) is 5.10 Å². The van der Waals surface area contributed by atoms with Crippen LogP contribution in [0.2, 0.25) is 0 Å². The minimum absolute atomic E-state index is 0.402. The van der Waals surface area contributed by atoms with Crippen molar-refractivity contribution >= 4 is 5.91 Å². The third-order valence-electron chi connectivity index (χ3n) is 2.33. The molecule has 1 aromatic heterocycles. The molecule has 0 unspecified atom stereocenters. The molecule has 2 rings (SSSR count). The summed E-state index contributed by atoms with van der Waals surface area (Å²) in [6, 6.07) is 0.498. The molecular formula is C8H11N3O. The van der Waals surface area contributed by atoms with Gasteiger partial charge in [-0.05, 0) is 19.3 Å². The number of rotatable bonds is 2. The number of carbonyl (C=O) groups excluding carboxylic acids is 1. The van der Waals surface area contributed by atoms with E-state index < -0.39 is 5.91 Å². The van der Waals surface area contributed by atoms with Crippen LogP contribution in [0.25, 0.3) is 0 Å². The molecule has 0 saturated heterocycles. The van der Waals surface area contributed by atoms with Gasteiger partial charge in [-0.3, -0.25) is 9.48 Å². The highest BCUT2D eigenvalue weighted by Crippen LogP contribution is 2.30. The molecule has 2 N–H and O–H groups in total. The second kappa shape index (κ2) is 2.62. The maximum atomic E-state index is 10.7. The molecule has 0 aromatic carbocycles. The van der Waals surface area contributed by atoms with Crippen molar-refractivity contribution in [1.82, 2.24) is 9.78 Å². The second-order valence-corrected chi connectivity index (χ2v) is 3.16. The van der Waals surface area contributed by atoms with Gasteiger partial charge in [-0.25, -0.2) is 0 Å². The summed E-state index contributed by atoms with van der Waals surface area (Å²) in [6.07, 6.45) is 6.85. The number of aromatic nitrogens is 2. The van der Waals surface area contributed by atoms with Crippen LogP contribution in [0, 0.1) is 0 Å². The summed E-state index contributed by atoms with van der Waals surface area (Å²) in [6.45, 7) is 0. The summed E-state index contributed by atoms with van der Waals surface area (Å²) < 4.78 is 1.84. The Labute approximate surface area is 70.4 Å². The van der Waals surface area contributed by atoms with Crippen LogP contribution < -0.4 is 5.73 Å². The highest BCUT2D eigenvalue weighted by Gasteiger charge is 2.20. The molecule has 1 aliphatic carbocycles. The number of amides is 1. The second-order valence-electron chi connectivity index (χ2n) is 3.16. The normalized spacial score (nSPS) is 17.3. The van der Waals surface area contributed by atoms with Crippen molar-refractivity contribution in [2.24, 2.45) is 5.73 Å². The van der Waals surface area contributed by atoms with Gasteiger partial charge in [-0.15, -0.1) is 0 Å². The fraction of sp³-hybridized carbons (Fsp3) is 0.500. The zero-order valence-corrected chi connectivity index (χ0v) is 6.73. The molecule has 1 aliphatic rings. The lowest BCUT2D eigenvalue weighted by Gasteiger charge is -2.25. The first-order valence-corrected chi connectivity index (χ1v) is 4.11. The van der Waals surface area contributed by atoms with Crippen LogP contribution in [0.15, 0.2) is 12.4 Å². The van der Waals surface area contributed by atoms with Crippen molar-refractivity contribution < 1.29 is 4.79 Å². The van der Waals surface area contributed by atoms with Gasteiger partial charge in [0.05, 0.1) is 17.8 Å². The monoisotopic (exact) mass is 165 g/mol. The lowest BCUT2D eigenvalue weighted by atomic mass is 9.93. The standard InChI is InChI=1S/C8H11N3O/c9-8(12)6-4-10-11(5-6)7-2-1-3-7/h4-5,7H,1-3H2,(H2,9,12). The highest BCUT2D eigenvalue weighted by molar-refractivity contribution is 5.92. The van der Waals surface area contributed by atoms with E-state index in [2.05, 4.69) is 5.10 Å². The highest BCUT2D eigenvalue weighted by atomic mass is 16.1. The quantitative estimate of drug-likeness (QED) is 0.701. The van der Waals surface area contributed by atoms with Crippen LogP contribution in [0.1, 0.15) is 35.7 Å². The molecule has 0 aliphatic heterocycles. The summed E-state index contributed by atoms with van der Waals surface area (Å²) >= 11 is 0. The topological polar surface area (TPSA) is 60.9 Å². The Morgan fingerprint density at radius 3 is 2.83 bits per heavy atom. The summed E-state index contributed by atoms with van der Waals surface area (Å²) in [5, 5.41) is 4.08. The third-order valence-corrected chi connectivity index (χ3v) is 2.33. The fourth-order valence-corrected chi connectivity index (χ4v) is 1.32. The van der Waals surface area contributed by atoms with E-state index in [1.807, 2.05) is 4.68 Å². The van der Waals surface area contributed by atoms with Gasteiger partial charge in [0.25, 0.3) is 5.91 Å². The zero-order chi connectivity index (χ0) is 8.55. The smallest absolute Gasteiger partial charge is 0.251 e. The van der Waals surface area contributed by atoms with Crippen molar-refractivity contribution in [3.8, 4) is 0 Å². The molecular weight excluding hydrogens is 154 g/mol. The van der Waals surface area contributed by atoms with Crippen LogP contribution in [-0.2, 0) is 0 Å². The third kappa shape index (κ3) is 1.09. The molecule has 64 valence electrons. The number of nitrogens with zero attached hydrogens (tertiary/aromatic N) is 2. The fourth-order valence-electron chi connectivity index (χ4n) is 1.32. The van der Waals surface area contributed by atoms with E-state index in [9.17, 15) is 4.79 Å². The number of hydrogen-bond donors (Lipinski definition) is 1. The Kier molecular flexibility index (Phi) is 1.60. The predicted molar refractivity (Wildman–Crippen MR) is 43.6 cm³/mol. The molecule has 1 aromatic rings. The average molecular weight is 165 g/mol. The van der Waals surface area contributed by atoms with Crippen molar-refractivity contribution in [1.29, 1.82) is 0 Å². The molecule has 1 saturated carbocycles. The maximum Gasteiger partial charge on any atom is 0.251 e. The molecule has 1 fully saturated rings. The molecule has 0 bridgehead atoms. The summed E-state index contributed by atoms with van der Waals surface area (Å²) in [5.74, 6) is -0.402. The van der Waals surface area contributed by atoms with E-state index in [4.69, 9.17) is 5.73 Å². The Balaban J connectivity index is 2.17. The molecule has 0 atom stereocenters. The van der Waals surface area contributed by atoms with Gasteiger partial charge in [0.2, 0.25) is 0 Å². The van der Waals surface area contributed by atoms with E-state index >= 15 is 0 Å². The molecule has 4 nitrogen and oxygen atoms in total. The van der Waals surface area contributed by atoms with Crippen LogP contribution >= 0.6 is 0 Å². The summed E-state index contributed by atoms with van der Waals surface area (Å²) in [7, 11) is 0. The molecule has 1 amide bonds. The first kappa shape index (κ1) is 7.34. The van der Waals surface area contributed by atoms with Crippen LogP contribution in [0.3, 0.4) is 0 Å². The number of primary amides is 1. The van der Waals surface area contributed by atoms with E-state index in [1.165, 1.54) is 25.5 Å². The Bertz CT molecular complexity index is 301. The van der Waals surface area contributed by atoms with E-state index in [-0.39, 0.29) is 0 Å². The first-order chi connectivity index (χ1) is 5.77. The Morgan fingerprint density at radius 2 is 2.42 bits per heavy atom. The molecule has 0 radical (unpaired) electrons. The van der Waals surface area contributed by atoms with Crippen molar-refractivity contribution in [3.63, 3.8) is 0 Å². The lowest BCUT2D eigenvalue weighted by Crippen LogP contribution is -2.17. The van der Waals surface area contributed by atoms with Crippen LogP contribution in [-0.4, -0.2) is 15.7 Å². The van der Waals surface area contributed by atoms with E-state index in [0.29, 0.717) is 11.6 Å².